The molecule has 0 fully saturated rings. The molecule has 0 aliphatic carbocycles. The monoisotopic (exact) mass is 216 g/mol. The number of carbonyl (C=O) groups excluding carboxylic acids is 1. The van der Waals surface area contributed by atoms with Gasteiger partial charge >= 0.3 is 0 Å². The van der Waals surface area contributed by atoms with E-state index in [1.807, 2.05) is 13.8 Å². The van der Waals surface area contributed by atoms with Crippen LogP contribution in [0.4, 0.5) is 0 Å². The Morgan fingerprint density at radius 3 is 2.27 bits per heavy atom. The third-order valence-corrected chi connectivity index (χ3v) is 2.16. The predicted octanol–water partition coefficient (Wildman–Crippen LogP) is 1.45. The maximum atomic E-state index is 11.3. The molecule has 0 aromatic carbocycles. The summed E-state index contributed by atoms with van der Waals surface area (Å²) in [5, 5.41) is 0. The van der Waals surface area contributed by atoms with Crippen LogP contribution in [-0.2, 0) is 9.53 Å². The van der Waals surface area contributed by atoms with E-state index in [-0.39, 0.29) is 17.2 Å². The Bertz CT molecular complexity index is 197. The van der Waals surface area contributed by atoms with Gasteiger partial charge in [0, 0.05) is 6.61 Å². The first-order chi connectivity index (χ1) is 6.78. The van der Waals surface area contributed by atoms with E-state index in [0.29, 0.717) is 6.61 Å². The maximum Gasteiger partial charge on any atom is 0.263 e. The molecule has 0 aromatic rings. The number of hydrazine groups is 1. The van der Waals surface area contributed by atoms with Gasteiger partial charge < -0.3 is 4.74 Å². The van der Waals surface area contributed by atoms with Crippen LogP contribution >= 0.6 is 0 Å². The van der Waals surface area contributed by atoms with Gasteiger partial charge in [0.25, 0.3) is 5.91 Å². The summed E-state index contributed by atoms with van der Waals surface area (Å²) in [5.41, 5.74) is 2.35. The highest BCUT2D eigenvalue weighted by Crippen LogP contribution is 2.19. The second-order valence-electron chi connectivity index (χ2n) is 5.35. The van der Waals surface area contributed by atoms with Gasteiger partial charge in [0.1, 0.15) is 6.10 Å². The smallest absolute Gasteiger partial charge is 0.263 e. The third kappa shape index (κ3) is 6.47. The summed E-state index contributed by atoms with van der Waals surface area (Å²) >= 11 is 0. The van der Waals surface area contributed by atoms with E-state index in [9.17, 15) is 4.79 Å². The summed E-state index contributed by atoms with van der Waals surface area (Å²) < 4.78 is 5.54. The highest BCUT2D eigenvalue weighted by Gasteiger charge is 2.22. The number of ether oxygens (including phenoxy) is 1. The fourth-order valence-electron chi connectivity index (χ4n) is 1.15. The molecule has 0 aromatic heterocycles. The first-order valence-corrected chi connectivity index (χ1v) is 5.40. The molecule has 0 saturated heterocycles. The lowest BCUT2D eigenvalue weighted by Crippen LogP contribution is -2.43. The van der Waals surface area contributed by atoms with Crippen molar-refractivity contribution >= 4 is 5.91 Å². The normalized spacial score (nSPS) is 14.1. The molecule has 15 heavy (non-hydrogen) atoms. The van der Waals surface area contributed by atoms with E-state index >= 15 is 0 Å². The van der Waals surface area contributed by atoms with Crippen LogP contribution in [0.1, 0.15) is 41.0 Å². The minimum atomic E-state index is -0.447. The number of rotatable bonds is 5. The lowest BCUT2D eigenvalue weighted by molar-refractivity contribution is -0.136. The van der Waals surface area contributed by atoms with Crippen molar-refractivity contribution in [1.82, 2.24) is 5.43 Å². The minimum absolute atomic E-state index is 0.133. The number of nitrogens with one attached hydrogen (secondary N) is 1. The number of hydrogen-bond donors (Lipinski definition) is 2. The summed E-state index contributed by atoms with van der Waals surface area (Å²) in [4.78, 5) is 11.3. The Hall–Kier alpha value is -0.610. The van der Waals surface area contributed by atoms with Crippen LogP contribution in [0.2, 0.25) is 0 Å². The molecule has 0 radical (unpaired) electrons. The molecule has 3 N–H and O–H groups in total. The van der Waals surface area contributed by atoms with Crippen molar-refractivity contribution < 1.29 is 9.53 Å². The second-order valence-corrected chi connectivity index (χ2v) is 5.35. The topological polar surface area (TPSA) is 64.3 Å². The van der Waals surface area contributed by atoms with Gasteiger partial charge in [-0.05, 0) is 17.8 Å². The molecule has 0 spiro atoms. The largest absolute Gasteiger partial charge is 0.368 e. The average Bonchev–Trinajstić information content (AvgIpc) is 2.09. The van der Waals surface area contributed by atoms with Crippen LogP contribution in [-0.4, -0.2) is 18.6 Å². The van der Waals surface area contributed by atoms with E-state index in [1.54, 1.807) is 0 Å². The van der Waals surface area contributed by atoms with Gasteiger partial charge in [-0.1, -0.05) is 34.6 Å². The molecule has 1 amide bonds. The summed E-state index contributed by atoms with van der Waals surface area (Å²) in [6.07, 6.45) is 0.478. The Morgan fingerprint density at radius 2 is 1.93 bits per heavy atom. The Labute approximate surface area is 92.5 Å². The highest BCUT2D eigenvalue weighted by atomic mass is 16.5. The molecule has 0 bridgehead atoms. The van der Waals surface area contributed by atoms with Crippen LogP contribution in [0.25, 0.3) is 0 Å². The summed E-state index contributed by atoms with van der Waals surface area (Å²) in [7, 11) is 0. The van der Waals surface area contributed by atoms with E-state index in [4.69, 9.17) is 10.6 Å². The van der Waals surface area contributed by atoms with E-state index in [2.05, 4.69) is 26.2 Å². The van der Waals surface area contributed by atoms with Crippen molar-refractivity contribution in [2.24, 2.45) is 17.2 Å². The van der Waals surface area contributed by atoms with Crippen molar-refractivity contribution in [1.29, 1.82) is 0 Å². The molecule has 0 aliphatic rings. The Morgan fingerprint density at radius 1 is 1.40 bits per heavy atom. The van der Waals surface area contributed by atoms with Gasteiger partial charge in [-0.2, -0.15) is 0 Å². The van der Waals surface area contributed by atoms with Crippen LogP contribution in [0.5, 0.6) is 0 Å². The molecule has 4 heteroatoms. The maximum absolute atomic E-state index is 11.3. The molecule has 90 valence electrons. The molecule has 0 saturated carbocycles. The lowest BCUT2D eigenvalue weighted by Gasteiger charge is -2.23. The van der Waals surface area contributed by atoms with Crippen LogP contribution in [0, 0.1) is 11.3 Å². The van der Waals surface area contributed by atoms with Gasteiger partial charge in [-0.25, -0.2) is 5.84 Å². The first kappa shape index (κ1) is 14.4. The van der Waals surface area contributed by atoms with E-state index in [1.165, 1.54) is 0 Å². The second kappa shape index (κ2) is 6.08. The third-order valence-electron chi connectivity index (χ3n) is 2.16. The van der Waals surface area contributed by atoms with Crippen LogP contribution in [0.3, 0.4) is 0 Å². The zero-order chi connectivity index (χ0) is 12.1. The fraction of sp³-hybridized carbons (Fsp3) is 0.909. The molecule has 0 heterocycles. The molecular weight excluding hydrogens is 192 g/mol. The number of carbonyl (C=O) groups is 1. The fourth-order valence-corrected chi connectivity index (χ4v) is 1.15. The lowest BCUT2D eigenvalue weighted by atomic mass is 9.93. The quantitative estimate of drug-likeness (QED) is 0.415. The SMILES string of the molecule is CC(C)C(OCCC(C)(C)C)C(=O)NN. The zero-order valence-corrected chi connectivity index (χ0v) is 10.5. The van der Waals surface area contributed by atoms with Gasteiger partial charge in [0.15, 0.2) is 0 Å². The average molecular weight is 216 g/mol. The highest BCUT2D eigenvalue weighted by molar-refractivity contribution is 5.80. The van der Waals surface area contributed by atoms with Crippen molar-refractivity contribution in [2.75, 3.05) is 6.61 Å². The van der Waals surface area contributed by atoms with Crippen molar-refractivity contribution in [3.63, 3.8) is 0 Å². The van der Waals surface area contributed by atoms with Crippen LogP contribution < -0.4 is 11.3 Å². The molecule has 1 atom stereocenters. The minimum Gasteiger partial charge on any atom is -0.368 e. The molecule has 0 aliphatic heterocycles. The van der Waals surface area contributed by atoms with Gasteiger partial charge in [-0.15, -0.1) is 0 Å². The van der Waals surface area contributed by atoms with Crippen molar-refractivity contribution in [3.05, 3.63) is 0 Å². The summed E-state index contributed by atoms with van der Waals surface area (Å²) in [6, 6.07) is 0. The Balaban J connectivity index is 4.04. The number of hydrogen-bond acceptors (Lipinski definition) is 3. The number of amides is 1. The molecular formula is C11H24N2O2. The van der Waals surface area contributed by atoms with Gasteiger partial charge in [0.05, 0.1) is 0 Å². The standard InChI is InChI=1S/C11H24N2O2/c1-8(2)9(10(14)13-12)15-7-6-11(3,4)5/h8-9H,6-7,12H2,1-5H3,(H,13,14). The van der Waals surface area contributed by atoms with Crippen molar-refractivity contribution in [3.8, 4) is 0 Å². The van der Waals surface area contributed by atoms with E-state index < -0.39 is 6.10 Å². The summed E-state index contributed by atoms with van der Waals surface area (Å²) in [6.45, 7) is 10.9. The molecule has 1 unspecified atom stereocenters. The van der Waals surface area contributed by atoms with Crippen LogP contribution in [0.15, 0.2) is 0 Å². The predicted molar refractivity (Wildman–Crippen MR) is 61.0 cm³/mol. The Kier molecular flexibility index (Phi) is 5.83. The van der Waals surface area contributed by atoms with Gasteiger partial charge in [-0.3, -0.25) is 10.2 Å². The molecule has 0 rings (SSSR count). The zero-order valence-electron chi connectivity index (χ0n) is 10.5. The number of nitrogens with two attached hydrogens (primary N) is 1. The van der Waals surface area contributed by atoms with E-state index in [0.717, 1.165) is 6.42 Å². The van der Waals surface area contributed by atoms with Crippen molar-refractivity contribution in [2.45, 2.75) is 47.1 Å². The summed E-state index contributed by atoms with van der Waals surface area (Å²) in [5.74, 6) is 4.97. The first-order valence-electron chi connectivity index (χ1n) is 5.40. The molecule has 4 nitrogen and oxygen atoms in total. The van der Waals surface area contributed by atoms with Gasteiger partial charge in [0.2, 0.25) is 0 Å².